The number of carbonyl (C=O) groups excluding carboxylic acids is 1. The number of hydrogen-bond donors (Lipinski definition) is 3. The van der Waals surface area contributed by atoms with Gasteiger partial charge in [-0.15, -0.1) is 0 Å². The highest BCUT2D eigenvalue weighted by molar-refractivity contribution is 5.86. The van der Waals surface area contributed by atoms with Crippen LogP contribution in [0, 0.1) is 5.41 Å². The van der Waals surface area contributed by atoms with Crippen LogP contribution in [0.2, 0.25) is 0 Å². The normalized spacial score (nSPS) is 27.7. The zero-order valence-corrected chi connectivity index (χ0v) is 10.2. The Bertz CT molecular complexity index is 482. The fourth-order valence-electron chi connectivity index (χ4n) is 2.72. The molecule has 2 aliphatic rings. The molecule has 0 spiro atoms. The van der Waals surface area contributed by atoms with E-state index in [0.29, 0.717) is 13.0 Å². The summed E-state index contributed by atoms with van der Waals surface area (Å²) in [5.74, 6) is -0.00856. The minimum Gasteiger partial charge on any atom is -0.390 e. The minimum atomic E-state index is -0.528. The van der Waals surface area contributed by atoms with Crippen LogP contribution in [0.1, 0.15) is 30.0 Å². The van der Waals surface area contributed by atoms with E-state index in [4.69, 9.17) is 5.73 Å². The molecule has 0 heterocycles. The smallest absolute Gasteiger partial charge is 0.228 e. The molecule has 4 heteroatoms. The largest absolute Gasteiger partial charge is 0.390 e. The second-order valence-corrected chi connectivity index (χ2v) is 5.41. The minimum absolute atomic E-state index is 0.00856. The Labute approximate surface area is 106 Å². The number of nitrogens with one attached hydrogen (secondary N) is 1. The van der Waals surface area contributed by atoms with E-state index in [-0.39, 0.29) is 17.4 Å². The van der Waals surface area contributed by atoms with Crippen LogP contribution in [0.25, 0.3) is 0 Å². The lowest BCUT2D eigenvalue weighted by molar-refractivity contribution is -0.127. The second kappa shape index (κ2) is 4.07. The van der Waals surface area contributed by atoms with Crippen LogP contribution >= 0.6 is 0 Å². The molecule has 4 nitrogen and oxygen atoms in total. The first-order chi connectivity index (χ1) is 8.66. The van der Waals surface area contributed by atoms with Crippen molar-refractivity contribution < 1.29 is 9.90 Å². The standard InChI is InChI=1S/C14H18N2O2/c15-8-14(5-6-14)13(18)16-12-10-4-2-1-3-9(10)7-11(12)17/h1-4,11-12,17H,5-8,15H2,(H,16,18)/t11-,12+/m1/s1. The Morgan fingerprint density at radius 2 is 2.17 bits per heavy atom. The van der Waals surface area contributed by atoms with E-state index in [2.05, 4.69) is 5.32 Å². The zero-order valence-electron chi connectivity index (χ0n) is 10.2. The lowest BCUT2D eigenvalue weighted by Gasteiger charge is -2.21. The molecule has 1 fully saturated rings. The Hall–Kier alpha value is -1.39. The summed E-state index contributed by atoms with van der Waals surface area (Å²) in [4.78, 5) is 12.2. The average Bonchev–Trinajstić information content (AvgIpc) is 3.12. The van der Waals surface area contributed by atoms with Gasteiger partial charge in [0.2, 0.25) is 5.91 Å². The van der Waals surface area contributed by atoms with Gasteiger partial charge in [0.25, 0.3) is 0 Å². The number of carbonyl (C=O) groups is 1. The monoisotopic (exact) mass is 246 g/mol. The van der Waals surface area contributed by atoms with Gasteiger partial charge in [0, 0.05) is 13.0 Å². The Morgan fingerprint density at radius 3 is 2.83 bits per heavy atom. The molecule has 1 aromatic carbocycles. The third kappa shape index (κ3) is 1.72. The van der Waals surface area contributed by atoms with Crippen LogP contribution in [0.3, 0.4) is 0 Å². The molecule has 1 saturated carbocycles. The Kier molecular flexibility index (Phi) is 2.64. The summed E-state index contributed by atoms with van der Waals surface area (Å²) < 4.78 is 0. The molecule has 0 aliphatic heterocycles. The Balaban J connectivity index is 1.79. The van der Waals surface area contributed by atoms with E-state index in [1.807, 2.05) is 24.3 Å². The van der Waals surface area contributed by atoms with Gasteiger partial charge in [-0.25, -0.2) is 0 Å². The van der Waals surface area contributed by atoms with Gasteiger partial charge in [-0.05, 0) is 24.0 Å². The molecule has 3 rings (SSSR count). The van der Waals surface area contributed by atoms with Gasteiger partial charge < -0.3 is 16.2 Å². The first-order valence-electron chi connectivity index (χ1n) is 6.43. The molecule has 2 aliphatic carbocycles. The maximum absolute atomic E-state index is 12.2. The molecule has 4 N–H and O–H groups in total. The highest BCUT2D eigenvalue weighted by atomic mass is 16.3. The Morgan fingerprint density at radius 1 is 1.44 bits per heavy atom. The predicted molar refractivity (Wildman–Crippen MR) is 67.8 cm³/mol. The summed E-state index contributed by atoms with van der Waals surface area (Å²) in [5, 5.41) is 13.0. The van der Waals surface area contributed by atoms with Crippen molar-refractivity contribution in [3.05, 3.63) is 35.4 Å². The van der Waals surface area contributed by atoms with Crippen LogP contribution in [0.5, 0.6) is 0 Å². The highest BCUT2D eigenvalue weighted by Gasteiger charge is 2.49. The summed E-state index contributed by atoms with van der Waals surface area (Å²) in [6.07, 6.45) is 1.80. The molecule has 0 radical (unpaired) electrons. The fourth-order valence-corrected chi connectivity index (χ4v) is 2.72. The van der Waals surface area contributed by atoms with Gasteiger partial charge in [0.15, 0.2) is 0 Å². The highest BCUT2D eigenvalue weighted by Crippen LogP contribution is 2.45. The first-order valence-corrected chi connectivity index (χ1v) is 6.43. The van der Waals surface area contributed by atoms with Gasteiger partial charge in [-0.2, -0.15) is 0 Å². The van der Waals surface area contributed by atoms with Gasteiger partial charge in [-0.1, -0.05) is 24.3 Å². The SMILES string of the molecule is NCC1(C(=O)N[C@H]2c3ccccc3C[C@H]2O)CC1. The maximum Gasteiger partial charge on any atom is 0.228 e. The van der Waals surface area contributed by atoms with Crippen molar-refractivity contribution in [3.63, 3.8) is 0 Å². The van der Waals surface area contributed by atoms with Crippen molar-refractivity contribution in [1.82, 2.24) is 5.32 Å². The van der Waals surface area contributed by atoms with Crippen molar-refractivity contribution in [2.75, 3.05) is 6.54 Å². The van der Waals surface area contributed by atoms with Crippen molar-refractivity contribution in [2.24, 2.45) is 11.1 Å². The summed E-state index contributed by atoms with van der Waals surface area (Å²) >= 11 is 0. The van der Waals surface area contributed by atoms with Gasteiger partial charge in [0.1, 0.15) is 0 Å². The number of aliphatic hydroxyl groups is 1. The number of benzene rings is 1. The lowest BCUT2D eigenvalue weighted by Crippen LogP contribution is -2.41. The zero-order chi connectivity index (χ0) is 12.8. The van der Waals surface area contributed by atoms with Crippen molar-refractivity contribution in [1.29, 1.82) is 0 Å². The summed E-state index contributed by atoms with van der Waals surface area (Å²) in [6.45, 7) is 0.392. The topological polar surface area (TPSA) is 75.4 Å². The molecule has 2 atom stereocenters. The number of rotatable bonds is 3. The van der Waals surface area contributed by atoms with E-state index in [1.165, 1.54) is 0 Å². The number of amides is 1. The number of aliphatic hydroxyl groups excluding tert-OH is 1. The summed E-state index contributed by atoms with van der Waals surface area (Å²) in [5.41, 5.74) is 7.44. The fraction of sp³-hybridized carbons (Fsp3) is 0.500. The maximum atomic E-state index is 12.2. The van der Waals surface area contributed by atoms with Gasteiger partial charge in [0.05, 0.1) is 17.6 Å². The van der Waals surface area contributed by atoms with Crippen molar-refractivity contribution in [2.45, 2.75) is 31.4 Å². The van der Waals surface area contributed by atoms with Gasteiger partial charge >= 0.3 is 0 Å². The summed E-state index contributed by atoms with van der Waals surface area (Å²) in [7, 11) is 0. The first kappa shape index (κ1) is 11.7. The quantitative estimate of drug-likeness (QED) is 0.727. The van der Waals surface area contributed by atoms with Crippen LogP contribution in [-0.2, 0) is 11.2 Å². The van der Waals surface area contributed by atoms with Crippen LogP contribution in [0.15, 0.2) is 24.3 Å². The molecule has 0 aromatic heterocycles. The predicted octanol–water partition coefficient (Wildman–Crippen LogP) is 0.500. The molecule has 96 valence electrons. The molecule has 0 saturated heterocycles. The van der Waals surface area contributed by atoms with Crippen molar-refractivity contribution in [3.8, 4) is 0 Å². The van der Waals surface area contributed by atoms with Crippen LogP contribution in [0.4, 0.5) is 0 Å². The van der Waals surface area contributed by atoms with E-state index >= 15 is 0 Å². The van der Waals surface area contributed by atoms with E-state index in [1.54, 1.807) is 0 Å². The molecular formula is C14H18N2O2. The van der Waals surface area contributed by atoms with Gasteiger partial charge in [-0.3, -0.25) is 4.79 Å². The molecule has 0 unspecified atom stereocenters. The van der Waals surface area contributed by atoms with E-state index < -0.39 is 6.10 Å². The van der Waals surface area contributed by atoms with Crippen LogP contribution in [-0.4, -0.2) is 23.7 Å². The molecule has 1 amide bonds. The number of fused-ring (bicyclic) bond motifs is 1. The van der Waals surface area contributed by atoms with E-state index in [0.717, 1.165) is 24.0 Å². The second-order valence-electron chi connectivity index (χ2n) is 5.41. The molecule has 18 heavy (non-hydrogen) atoms. The molecular weight excluding hydrogens is 228 g/mol. The summed E-state index contributed by atoms with van der Waals surface area (Å²) in [6, 6.07) is 7.58. The molecule has 0 bridgehead atoms. The third-order valence-corrected chi connectivity index (χ3v) is 4.22. The lowest BCUT2D eigenvalue weighted by atomic mass is 10.0. The third-order valence-electron chi connectivity index (χ3n) is 4.22. The number of nitrogens with two attached hydrogens (primary N) is 1. The van der Waals surface area contributed by atoms with E-state index in [9.17, 15) is 9.90 Å². The van der Waals surface area contributed by atoms with Crippen LogP contribution < -0.4 is 11.1 Å². The number of hydrogen-bond acceptors (Lipinski definition) is 3. The molecule has 1 aromatic rings. The average molecular weight is 246 g/mol. The van der Waals surface area contributed by atoms with Crippen molar-refractivity contribution >= 4 is 5.91 Å².